The SMILES string of the molecule is CN(C)CCOC(=O)c1cccc(CN2CN(c3ccccc3)C3(CCN(C(=O)O)CC3)C2=O)c1. The highest BCUT2D eigenvalue weighted by Gasteiger charge is 2.54. The zero-order chi connectivity index (χ0) is 25.0. The second kappa shape index (κ2) is 10.4. The van der Waals surface area contributed by atoms with Crippen LogP contribution in [0.2, 0.25) is 0 Å². The molecule has 0 bridgehead atoms. The van der Waals surface area contributed by atoms with Gasteiger partial charge in [-0.3, -0.25) is 4.79 Å². The van der Waals surface area contributed by atoms with Gasteiger partial charge in [0.25, 0.3) is 0 Å². The van der Waals surface area contributed by atoms with Crippen molar-refractivity contribution in [3.05, 3.63) is 65.7 Å². The molecule has 2 aromatic rings. The number of nitrogens with zero attached hydrogens (tertiary/aromatic N) is 4. The summed E-state index contributed by atoms with van der Waals surface area (Å²) < 4.78 is 5.36. The van der Waals surface area contributed by atoms with Gasteiger partial charge in [0.15, 0.2) is 0 Å². The van der Waals surface area contributed by atoms with Crippen LogP contribution in [-0.4, -0.2) is 90.3 Å². The third kappa shape index (κ3) is 5.24. The van der Waals surface area contributed by atoms with Gasteiger partial charge in [-0.25, -0.2) is 9.59 Å². The molecule has 4 rings (SSSR count). The predicted octanol–water partition coefficient (Wildman–Crippen LogP) is 2.72. The monoisotopic (exact) mass is 480 g/mol. The van der Waals surface area contributed by atoms with E-state index in [0.717, 1.165) is 11.3 Å². The normalized spacial score (nSPS) is 17.3. The number of amides is 2. The molecule has 0 unspecified atom stereocenters. The average Bonchev–Trinajstić information content (AvgIpc) is 3.11. The third-order valence-electron chi connectivity index (χ3n) is 6.75. The molecule has 2 aliphatic rings. The Morgan fingerprint density at radius 1 is 1.06 bits per heavy atom. The molecule has 2 fully saturated rings. The highest BCUT2D eigenvalue weighted by molar-refractivity contribution is 5.94. The van der Waals surface area contributed by atoms with Crippen LogP contribution in [0.3, 0.4) is 0 Å². The smallest absolute Gasteiger partial charge is 0.407 e. The van der Waals surface area contributed by atoms with Crippen molar-refractivity contribution in [2.24, 2.45) is 0 Å². The zero-order valence-corrected chi connectivity index (χ0v) is 20.2. The number of carbonyl (C=O) groups is 3. The largest absolute Gasteiger partial charge is 0.465 e. The minimum atomic E-state index is -0.956. The van der Waals surface area contributed by atoms with Gasteiger partial charge in [0.05, 0.1) is 12.2 Å². The standard InChI is InChI=1S/C26H32N4O5/c1-27(2)15-16-35-23(31)21-8-6-7-20(17-21)18-29-19-30(22-9-4-3-5-10-22)26(24(29)32)11-13-28(14-12-26)25(33)34/h3-10,17H,11-16,18-19H2,1-2H3,(H,33,34). The quantitative estimate of drug-likeness (QED) is 0.609. The third-order valence-corrected chi connectivity index (χ3v) is 6.75. The molecule has 9 heteroatoms. The second-order valence-corrected chi connectivity index (χ2v) is 9.35. The molecule has 2 heterocycles. The Morgan fingerprint density at radius 3 is 2.43 bits per heavy atom. The fourth-order valence-electron chi connectivity index (χ4n) is 4.81. The van der Waals surface area contributed by atoms with Crippen LogP contribution in [0.4, 0.5) is 10.5 Å². The Labute approximate surface area is 205 Å². The molecule has 186 valence electrons. The lowest BCUT2D eigenvalue weighted by molar-refractivity contribution is -0.134. The van der Waals surface area contributed by atoms with Gasteiger partial charge in [-0.15, -0.1) is 0 Å². The van der Waals surface area contributed by atoms with Crippen LogP contribution in [0, 0.1) is 0 Å². The van der Waals surface area contributed by atoms with E-state index in [4.69, 9.17) is 4.74 Å². The number of rotatable bonds is 7. The maximum atomic E-state index is 13.8. The van der Waals surface area contributed by atoms with Crippen molar-refractivity contribution in [3.63, 3.8) is 0 Å². The van der Waals surface area contributed by atoms with Gasteiger partial charge in [0.2, 0.25) is 5.91 Å². The zero-order valence-electron chi connectivity index (χ0n) is 20.2. The Morgan fingerprint density at radius 2 is 1.77 bits per heavy atom. The number of likely N-dealkylation sites (tertiary alicyclic amines) is 1. The van der Waals surface area contributed by atoms with Crippen molar-refractivity contribution in [2.75, 3.05) is 51.9 Å². The molecule has 2 aliphatic heterocycles. The number of hydrogen-bond acceptors (Lipinski definition) is 6. The first-order valence-corrected chi connectivity index (χ1v) is 11.8. The summed E-state index contributed by atoms with van der Waals surface area (Å²) >= 11 is 0. The van der Waals surface area contributed by atoms with Gasteiger partial charge >= 0.3 is 12.1 Å². The summed E-state index contributed by atoms with van der Waals surface area (Å²) in [7, 11) is 3.83. The number of carbonyl (C=O) groups excluding carboxylic acids is 2. The van der Waals surface area contributed by atoms with E-state index in [1.807, 2.05) is 55.4 Å². The fraction of sp³-hybridized carbons (Fsp3) is 0.423. The number of para-hydroxylation sites is 1. The number of piperidine rings is 1. The number of anilines is 1. The van der Waals surface area contributed by atoms with E-state index in [0.29, 0.717) is 57.9 Å². The lowest BCUT2D eigenvalue weighted by atomic mass is 9.85. The van der Waals surface area contributed by atoms with Crippen molar-refractivity contribution >= 4 is 23.7 Å². The first kappa shape index (κ1) is 24.5. The van der Waals surface area contributed by atoms with Crippen molar-refractivity contribution < 1.29 is 24.2 Å². The molecule has 0 aromatic heterocycles. The van der Waals surface area contributed by atoms with E-state index in [-0.39, 0.29) is 11.9 Å². The minimum absolute atomic E-state index is 0.00893. The number of carboxylic acid groups (broad SMARTS) is 1. The lowest BCUT2D eigenvalue weighted by Gasteiger charge is -2.42. The highest BCUT2D eigenvalue weighted by Crippen LogP contribution is 2.40. The highest BCUT2D eigenvalue weighted by atomic mass is 16.5. The maximum absolute atomic E-state index is 13.8. The van der Waals surface area contributed by atoms with E-state index in [1.165, 1.54) is 4.90 Å². The van der Waals surface area contributed by atoms with E-state index in [2.05, 4.69) is 4.90 Å². The van der Waals surface area contributed by atoms with Crippen LogP contribution in [0.1, 0.15) is 28.8 Å². The molecule has 0 atom stereocenters. The van der Waals surface area contributed by atoms with Crippen molar-refractivity contribution in [3.8, 4) is 0 Å². The van der Waals surface area contributed by atoms with E-state index in [9.17, 15) is 19.5 Å². The topological polar surface area (TPSA) is 93.6 Å². The molecule has 35 heavy (non-hydrogen) atoms. The molecule has 2 aromatic carbocycles. The Kier molecular flexibility index (Phi) is 7.25. The van der Waals surface area contributed by atoms with E-state index < -0.39 is 11.6 Å². The van der Waals surface area contributed by atoms with E-state index >= 15 is 0 Å². The molecule has 0 aliphatic carbocycles. The van der Waals surface area contributed by atoms with Crippen molar-refractivity contribution in [1.29, 1.82) is 0 Å². The van der Waals surface area contributed by atoms with Crippen LogP contribution in [0.5, 0.6) is 0 Å². The lowest BCUT2D eigenvalue weighted by Crippen LogP contribution is -2.57. The van der Waals surface area contributed by atoms with Crippen molar-refractivity contribution in [1.82, 2.24) is 14.7 Å². The first-order valence-electron chi connectivity index (χ1n) is 11.8. The molecule has 1 N–H and O–H groups in total. The summed E-state index contributed by atoms with van der Waals surface area (Å²) in [5.41, 5.74) is 1.45. The number of esters is 1. The van der Waals surface area contributed by atoms with Crippen LogP contribution in [0.25, 0.3) is 0 Å². The number of ether oxygens (including phenoxy) is 1. The first-order chi connectivity index (χ1) is 16.8. The van der Waals surface area contributed by atoms with Crippen LogP contribution < -0.4 is 4.90 Å². The molecular formula is C26H32N4O5. The molecule has 2 saturated heterocycles. The average molecular weight is 481 g/mol. The van der Waals surface area contributed by atoms with Gasteiger partial charge < -0.3 is 29.4 Å². The predicted molar refractivity (Wildman–Crippen MR) is 131 cm³/mol. The van der Waals surface area contributed by atoms with Gasteiger partial charge in [0, 0.05) is 31.9 Å². The Bertz CT molecular complexity index is 1070. The van der Waals surface area contributed by atoms with Crippen molar-refractivity contribution in [2.45, 2.75) is 24.9 Å². The number of likely N-dealkylation sites (N-methyl/N-ethyl adjacent to an activating group) is 1. The van der Waals surface area contributed by atoms with Gasteiger partial charge in [-0.2, -0.15) is 0 Å². The fourth-order valence-corrected chi connectivity index (χ4v) is 4.81. The van der Waals surface area contributed by atoms with E-state index in [1.54, 1.807) is 23.1 Å². The van der Waals surface area contributed by atoms with Gasteiger partial charge in [0.1, 0.15) is 12.1 Å². The summed E-state index contributed by atoms with van der Waals surface area (Å²) in [6, 6.07) is 17.0. The van der Waals surface area contributed by atoms with Crippen LogP contribution in [-0.2, 0) is 16.1 Å². The van der Waals surface area contributed by atoms with Crippen LogP contribution in [0.15, 0.2) is 54.6 Å². The summed E-state index contributed by atoms with van der Waals surface area (Å²) in [6.45, 7) is 2.32. The molecule has 0 saturated carbocycles. The number of benzene rings is 2. The van der Waals surface area contributed by atoms with Gasteiger partial charge in [-0.1, -0.05) is 30.3 Å². The summed E-state index contributed by atoms with van der Waals surface area (Å²) in [6.07, 6.45) is -0.0912. The maximum Gasteiger partial charge on any atom is 0.407 e. The Balaban J connectivity index is 1.52. The summed E-state index contributed by atoms with van der Waals surface area (Å²) in [5, 5.41) is 9.39. The number of hydrogen-bond donors (Lipinski definition) is 1. The second-order valence-electron chi connectivity index (χ2n) is 9.35. The molecular weight excluding hydrogens is 448 g/mol. The Hall–Kier alpha value is -3.59. The molecule has 1 spiro atoms. The molecule has 9 nitrogen and oxygen atoms in total. The van der Waals surface area contributed by atoms with Crippen LogP contribution >= 0.6 is 0 Å². The molecule has 0 radical (unpaired) electrons. The van der Waals surface area contributed by atoms with Gasteiger partial charge in [-0.05, 0) is 56.8 Å². The molecule has 2 amide bonds. The minimum Gasteiger partial charge on any atom is -0.465 e. The summed E-state index contributed by atoms with van der Waals surface area (Å²) in [5.74, 6) is -0.393. The summed E-state index contributed by atoms with van der Waals surface area (Å²) in [4.78, 5) is 44.9.